The van der Waals surface area contributed by atoms with E-state index in [1.54, 1.807) is 4.90 Å². The Morgan fingerprint density at radius 2 is 1.61 bits per heavy atom. The van der Waals surface area contributed by atoms with Gasteiger partial charge in [-0.05, 0) is 114 Å². The summed E-state index contributed by atoms with van der Waals surface area (Å²) in [5.74, 6) is 2.20. The van der Waals surface area contributed by atoms with Gasteiger partial charge in [-0.25, -0.2) is 0 Å². The lowest BCUT2D eigenvalue weighted by Crippen LogP contribution is -2.52. The number of anilines is 1. The minimum atomic E-state index is -0.610. The van der Waals surface area contributed by atoms with Crippen LogP contribution in [-0.4, -0.2) is 84.1 Å². The van der Waals surface area contributed by atoms with Crippen LogP contribution in [0, 0.1) is 11.8 Å². The van der Waals surface area contributed by atoms with Gasteiger partial charge in [-0.2, -0.15) is 0 Å². The molecule has 9 rings (SSSR count). The number of amides is 3. The second kappa shape index (κ2) is 18.5. The third kappa shape index (κ3) is 9.31. The molecule has 2 aliphatic carbocycles. The van der Waals surface area contributed by atoms with Gasteiger partial charge in [-0.3, -0.25) is 24.6 Å². The fourth-order valence-corrected chi connectivity index (χ4v) is 10.0. The molecule has 3 amide bonds. The Balaban J connectivity index is 0.740. The van der Waals surface area contributed by atoms with E-state index in [1.807, 2.05) is 30.3 Å². The van der Waals surface area contributed by atoms with Crippen LogP contribution in [0.3, 0.4) is 0 Å². The lowest BCUT2D eigenvalue weighted by atomic mass is 9.66. The van der Waals surface area contributed by atoms with Crippen LogP contribution >= 0.6 is 0 Å². The molecule has 0 spiro atoms. The largest absolute Gasteiger partial charge is 0.493 e. The molecule has 3 aliphatic heterocycles. The van der Waals surface area contributed by atoms with Gasteiger partial charge in [0, 0.05) is 69.3 Å². The van der Waals surface area contributed by atoms with Gasteiger partial charge in [0.2, 0.25) is 11.8 Å². The van der Waals surface area contributed by atoms with Gasteiger partial charge in [0.1, 0.15) is 24.1 Å². The first kappa shape index (κ1) is 40.7. The molecule has 3 heterocycles. The zero-order valence-corrected chi connectivity index (χ0v) is 34.8. The Labute approximate surface area is 358 Å². The summed E-state index contributed by atoms with van der Waals surface area (Å²) in [6.07, 6.45) is 13.7. The van der Waals surface area contributed by atoms with E-state index in [0.717, 1.165) is 80.3 Å². The molecule has 0 saturated carbocycles. The number of rotatable bonds is 14. The number of carbonyl (C=O) groups excluding carboxylic acids is 3. The van der Waals surface area contributed by atoms with Crippen LogP contribution in [-0.2, 0) is 29.2 Å². The van der Waals surface area contributed by atoms with Crippen molar-refractivity contribution in [2.75, 3.05) is 44.2 Å². The predicted molar refractivity (Wildman–Crippen MR) is 236 cm³/mol. The summed E-state index contributed by atoms with van der Waals surface area (Å²) in [7, 11) is 0. The molecule has 5 aliphatic rings. The van der Waals surface area contributed by atoms with Gasteiger partial charge in [0.25, 0.3) is 5.91 Å². The average Bonchev–Trinajstić information content (AvgIpc) is 3.62. The van der Waals surface area contributed by atoms with Crippen LogP contribution in [0.15, 0.2) is 115 Å². The van der Waals surface area contributed by atoms with Crippen molar-refractivity contribution in [3.8, 4) is 11.5 Å². The molecule has 4 aromatic rings. The molecule has 2 fully saturated rings. The molecule has 2 saturated heterocycles. The molecule has 316 valence electrons. The van der Waals surface area contributed by atoms with Crippen LogP contribution in [0.5, 0.6) is 11.5 Å². The SMILES string of the molecule is O=C1CCC(N2Cc3cc(N4CCN(CCC(O)CCOc5ccc([C@@H]6c7ccc(OCc8ccccc8)cc7CC[C@@H]6C6C=CC=CC6)cc5)CC4)ccc3C2=O)C(=O)N1. The molecule has 2 N–H and O–H groups in total. The van der Waals surface area contributed by atoms with Crippen molar-refractivity contribution in [2.24, 2.45) is 11.8 Å². The second-order valence-corrected chi connectivity index (χ2v) is 17.2. The number of nitrogens with zero attached hydrogens (tertiary/aromatic N) is 3. The molecular weight excluding hydrogens is 765 g/mol. The standard InChI is InChI=1S/C51H56N4O6/c56-41(23-25-53-26-28-54(29-27-53)40-14-19-46-39(31-40)33-55(51(46)59)47-21-22-48(57)52-50(47)58)24-30-60-42-15-11-37(12-16-42)49-44(36-9-5-2-6-10-36)18-13-38-32-43(17-20-45(38)49)61-34-35-7-3-1-4-8-35/h1-9,11-12,14-17,19-20,31-32,36,41,44,47,49,56H,10,13,18,21-30,33-34H2,(H,52,57,58)/t36?,41?,44-,47?,49+/m1/s1. The fourth-order valence-electron chi connectivity index (χ4n) is 10.0. The van der Waals surface area contributed by atoms with Gasteiger partial charge in [-0.15, -0.1) is 0 Å². The van der Waals surface area contributed by atoms with Crippen molar-refractivity contribution < 1.29 is 29.0 Å². The number of hydrogen-bond acceptors (Lipinski definition) is 8. The highest BCUT2D eigenvalue weighted by molar-refractivity contribution is 6.05. The summed E-state index contributed by atoms with van der Waals surface area (Å²) in [5, 5.41) is 13.3. The molecule has 5 atom stereocenters. The highest BCUT2D eigenvalue weighted by atomic mass is 16.5. The number of aryl methyl sites for hydroxylation is 1. The number of aliphatic hydroxyl groups excluding tert-OH is 1. The maximum atomic E-state index is 13.1. The number of piperazine rings is 1. The summed E-state index contributed by atoms with van der Waals surface area (Å²) in [5.41, 5.74) is 7.86. The van der Waals surface area contributed by atoms with Gasteiger partial charge in [0.15, 0.2) is 0 Å². The van der Waals surface area contributed by atoms with Crippen molar-refractivity contribution in [1.82, 2.24) is 15.1 Å². The van der Waals surface area contributed by atoms with Crippen molar-refractivity contribution in [3.05, 3.63) is 149 Å². The Bertz CT molecular complexity index is 2270. The average molecular weight is 821 g/mol. The quantitative estimate of drug-likeness (QED) is 0.129. The summed E-state index contributed by atoms with van der Waals surface area (Å²) >= 11 is 0. The maximum Gasteiger partial charge on any atom is 0.255 e. The molecule has 0 bridgehead atoms. The highest BCUT2D eigenvalue weighted by Gasteiger charge is 2.39. The molecule has 10 heteroatoms. The Hall–Kier alpha value is -5.71. The van der Waals surface area contributed by atoms with E-state index in [4.69, 9.17) is 9.47 Å². The molecule has 0 radical (unpaired) electrons. The molecule has 3 unspecified atom stereocenters. The number of hydrogen-bond donors (Lipinski definition) is 2. The predicted octanol–water partition coefficient (Wildman–Crippen LogP) is 7.20. The Kier molecular flexibility index (Phi) is 12.3. The van der Waals surface area contributed by atoms with Gasteiger partial charge < -0.3 is 24.4 Å². The number of fused-ring (bicyclic) bond motifs is 2. The van der Waals surface area contributed by atoms with E-state index in [2.05, 4.69) is 100 Å². The smallest absolute Gasteiger partial charge is 0.255 e. The molecule has 4 aromatic carbocycles. The third-order valence-corrected chi connectivity index (χ3v) is 13.4. The summed E-state index contributed by atoms with van der Waals surface area (Å²) in [6, 6.07) is 31.0. The lowest BCUT2D eigenvalue weighted by Gasteiger charge is -2.38. The monoisotopic (exact) mass is 820 g/mol. The summed E-state index contributed by atoms with van der Waals surface area (Å²) in [6.45, 7) is 5.68. The highest BCUT2D eigenvalue weighted by Crippen LogP contribution is 2.47. The van der Waals surface area contributed by atoms with Crippen LogP contribution in [0.25, 0.3) is 0 Å². The number of nitrogens with one attached hydrogen (secondary N) is 1. The van der Waals surface area contributed by atoms with Crippen molar-refractivity contribution in [3.63, 3.8) is 0 Å². The van der Waals surface area contributed by atoms with Crippen molar-refractivity contribution >= 4 is 23.4 Å². The van der Waals surface area contributed by atoms with E-state index in [-0.39, 0.29) is 24.2 Å². The number of ether oxygens (including phenoxy) is 2. The minimum Gasteiger partial charge on any atom is -0.493 e. The topological polar surface area (TPSA) is 112 Å². The van der Waals surface area contributed by atoms with Crippen LogP contribution < -0.4 is 19.7 Å². The van der Waals surface area contributed by atoms with Crippen molar-refractivity contribution in [1.29, 1.82) is 0 Å². The summed E-state index contributed by atoms with van der Waals surface area (Å²) in [4.78, 5) is 43.5. The first-order valence-corrected chi connectivity index (χ1v) is 22.1. The third-order valence-electron chi connectivity index (χ3n) is 13.4. The molecule has 61 heavy (non-hydrogen) atoms. The normalized spacial score (nSPS) is 23.1. The van der Waals surface area contributed by atoms with E-state index in [9.17, 15) is 19.5 Å². The first-order valence-electron chi connectivity index (χ1n) is 22.1. The Morgan fingerprint density at radius 3 is 2.39 bits per heavy atom. The number of imide groups is 1. The second-order valence-electron chi connectivity index (χ2n) is 17.2. The van der Waals surface area contributed by atoms with E-state index in [0.29, 0.717) is 56.4 Å². The Morgan fingerprint density at radius 1 is 0.787 bits per heavy atom. The summed E-state index contributed by atoms with van der Waals surface area (Å²) < 4.78 is 12.4. The molecular formula is C51H56N4O6. The van der Waals surface area contributed by atoms with Gasteiger partial charge >= 0.3 is 0 Å². The van der Waals surface area contributed by atoms with Crippen LogP contribution in [0.2, 0.25) is 0 Å². The number of piperidine rings is 1. The fraction of sp³-hybridized carbons (Fsp3) is 0.392. The van der Waals surface area contributed by atoms with E-state index >= 15 is 0 Å². The zero-order chi connectivity index (χ0) is 41.7. The van der Waals surface area contributed by atoms with E-state index < -0.39 is 18.1 Å². The van der Waals surface area contributed by atoms with E-state index in [1.165, 1.54) is 16.7 Å². The minimum absolute atomic E-state index is 0.150. The maximum absolute atomic E-state index is 13.1. The van der Waals surface area contributed by atoms with Crippen LogP contribution in [0.4, 0.5) is 5.69 Å². The number of allylic oxidation sites excluding steroid dienone is 4. The van der Waals surface area contributed by atoms with Gasteiger partial charge in [0.05, 0.1) is 12.7 Å². The zero-order valence-electron chi connectivity index (χ0n) is 34.8. The van der Waals surface area contributed by atoms with Gasteiger partial charge in [-0.1, -0.05) is 72.8 Å². The molecule has 0 aromatic heterocycles. The first-order chi connectivity index (χ1) is 29.9. The lowest BCUT2D eigenvalue weighted by molar-refractivity contribution is -0.136. The van der Waals surface area contributed by atoms with Crippen LogP contribution in [0.1, 0.15) is 82.6 Å². The van der Waals surface area contributed by atoms with Crippen molar-refractivity contribution in [2.45, 2.75) is 76.2 Å². The molecule has 10 nitrogen and oxygen atoms in total. The number of aliphatic hydroxyl groups is 1. The number of benzene rings is 4. The number of carbonyl (C=O) groups is 3.